The molecule has 1 fully saturated rings. The lowest BCUT2D eigenvalue weighted by Gasteiger charge is -2.39. The third kappa shape index (κ3) is 7.42. The van der Waals surface area contributed by atoms with Crippen molar-refractivity contribution in [2.75, 3.05) is 46.1 Å². The Morgan fingerprint density at radius 3 is 2.54 bits per heavy atom. The highest BCUT2D eigenvalue weighted by atomic mass is 35.5. The number of pyridine rings is 1. The molecule has 0 aliphatic carbocycles. The number of nitrogens with zero attached hydrogens (tertiary/aromatic N) is 5. The summed E-state index contributed by atoms with van der Waals surface area (Å²) in [4.78, 5) is 49.9. The van der Waals surface area contributed by atoms with E-state index < -0.39 is 40.0 Å². The number of carbonyl (C=O) groups excluding carboxylic acids is 3. The predicted molar refractivity (Wildman–Crippen MR) is 149 cm³/mol. The number of aromatic nitrogens is 2. The molecule has 2 aliphatic rings. The van der Waals surface area contributed by atoms with Crippen molar-refractivity contribution in [3.63, 3.8) is 0 Å². The Morgan fingerprint density at radius 2 is 1.87 bits per heavy atom. The molecule has 4 heterocycles. The number of piperidine rings is 1. The molecule has 214 valence electrons. The summed E-state index contributed by atoms with van der Waals surface area (Å²) in [5.74, 6) is -2.22. The van der Waals surface area contributed by atoms with Crippen LogP contribution in [0.3, 0.4) is 0 Å². The highest BCUT2D eigenvalue weighted by molar-refractivity contribution is 7.86. The summed E-state index contributed by atoms with van der Waals surface area (Å²) in [5.41, 5.74) is 0.885. The van der Waals surface area contributed by atoms with E-state index in [1.807, 2.05) is 7.05 Å². The summed E-state index contributed by atoms with van der Waals surface area (Å²) < 4.78 is 27.9. The first-order chi connectivity index (χ1) is 17.9. The number of fused-ring (bicyclic) bond motifs is 1. The van der Waals surface area contributed by atoms with Crippen molar-refractivity contribution in [2.45, 2.75) is 31.5 Å². The van der Waals surface area contributed by atoms with Crippen molar-refractivity contribution < 1.29 is 22.8 Å². The van der Waals surface area contributed by atoms with Crippen LogP contribution in [0, 0.1) is 0 Å². The van der Waals surface area contributed by atoms with Crippen LogP contribution < -0.4 is 16.0 Å². The van der Waals surface area contributed by atoms with Gasteiger partial charge in [-0.2, -0.15) is 17.0 Å². The Labute approximate surface area is 241 Å². The van der Waals surface area contributed by atoms with Gasteiger partial charge < -0.3 is 20.9 Å². The number of hydrogen-bond acceptors (Lipinski definition) is 9. The first-order valence-corrected chi connectivity index (χ1v) is 14.4. The van der Waals surface area contributed by atoms with Gasteiger partial charge in [0.15, 0.2) is 5.01 Å². The standard InChI is InChI=1S/C22H29ClN8O5S2.ClH/c1-29(2)38(35,36)31-9-7-14(25-19(32)20(33)28-18-5-4-13(23)10-24-18)16(11-31)26-21(34)22-27-15-6-8-30(3)12-17(15)37-22;/h4-5,10,14,16H,6-9,11-12H2,1-3H3,(H,25,32)(H,26,34)(H,24,28,33);1H/t14-,16+;/m0./s1. The number of amides is 3. The monoisotopic (exact) mass is 620 g/mol. The molecular weight excluding hydrogens is 591 g/mol. The van der Waals surface area contributed by atoms with Gasteiger partial charge >= 0.3 is 11.8 Å². The highest BCUT2D eigenvalue weighted by Gasteiger charge is 2.38. The van der Waals surface area contributed by atoms with Gasteiger partial charge in [0, 0.05) is 57.8 Å². The normalized spacial score (nSPS) is 20.0. The summed E-state index contributed by atoms with van der Waals surface area (Å²) >= 11 is 7.09. The minimum atomic E-state index is -3.77. The third-order valence-electron chi connectivity index (χ3n) is 6.29. The largest absolute Gasteiger partial charge is 0.344 e. The van der Waals surface area contributed by atoms with Crippen LogP contribution in [0.4, 0.5) is 5.82 Å². The molecule has 0 bridgehead atoms. The van der Waals surface area contributed by atoms with E-state index in [2.05, 4.69) is 30.8 Å². The van der Waals surface area contributed by atoms with Gasteiger partial charge in [-0.05, 0) is 25.6 Å². The topological polar surface area (TPSA) is 157 Å². The molecule has 0 aromatic carbocycles. The van der Waals surface area contributed by atoms with Crippen molar-refractivity contribution in [3.8, 4) is 0 Å². The summed E-state index contributed by atoms with van der Waals surface area (Å²) in [6, 6.07) is 1.46. The molecule has 2 aromatic heterocycles. The second-order valence-electron chi connectivity index (χ2n) is 9.29. The van der Waals surface area contributed by atoms with Crippen LogP contribution in [0.15, 0.2) is 18.3 Å². The molecule has 2 atom stereocenters. The zero-order valence-electron chi connectivity index (χ0n) is 21.5. The number of nitrogens with one attached hydrogen (secondary N) is 3. The number of hydrogen-bond donors (Lipinski definition) is 3. The number of carbonyl (C=O) groups is 3. The summed E-state index contributed by atoms with van der Waals surface area (Å²) in [5, 5.41) is 8.51. The van der Waals surface area contributed by atoms with Gasteiger partial charge in [-0.3, -0.25) is 14.4 Å². The Hall–Kier alpha value is -2.40. The van der Waals surface area contributed by atoms with Crippen LogP contribution in [0.5, 0.6) is 0 Å². The minimum Gasteiger partial charge on any atom is -0.344 e. The Morgan fingerprint density at radius 1 is 1.13 bits per heavy atom. The van der Waals surface area contributed by atoms with E-state index in [-0.39, 0.29) is 42.7 Å². The van der Waals surface area contributed by atoms with Gasteiger partial charge in [-0.15, -0.1) is 23.7 Å². The molecule has 4 rings (SSSR count). The SMILES string of the molecule is CN1CCc2nc(C(=O)N[C@@H]3CN(S(=O)(=O)N(C)C)CC[C@@H]3NC(=O)C(=O)Nc3ccc(Cl)cn3)sc2C1.Cl. The molecule has 39 heavy (non-hydrogen) atoms. The average Bonchev–Trinajstić information content (AvgIpc) is 3.29. The number of thiazole rings is 1. The van der Waals surface area contributed by atoms with Crippen LogP contribution in [0.2, 0.25) is 5.02 Å². The Kier molecular flexibility index (Phi) is 10.3. The van der Waals surface area contributed by atoms with Crippen LogP contribution in [0.1, 0.15) is 26.8 Å². The maximum Gasteiger partial charge on any atom is 0.314 e. The van der Waals surface area contributed by atoms with Gasteiger partial charge in [0.1, 0.15) is 5.82 Å². The number of anilines is 1. The second-order valence-corrected chi connectivity index (χ2v) is 13.0. The number of rotatable bonds is 6. The molecule has 17 heteroatoms. The lowest BCUT2D eigenvalue weighted by atomic mass is 10.0. The summed E-state index contributed by atoms with van der Waals surface area (Å²) in [7, 11) is 1.07. The second kappa shape index (κ2) is 12.8. The third-order valence-corrected chi connectivity index (χ3v) is 9.50. The average molecular weight is 622 g/mol. The van der Waals surface area contributed by atoms with Gasteiger partial charge in [-0.1, -0.05) is 11.6 Å². The molecule has 1 saturated heterocycles. The first kappa shape index (κ1) is 31.1. The number of halogens is 2. The molecule has 2 aliphatic heterocycles. The van der Waals surface area contributed by atoms with Crippen molar-refractivity contribution in [2.24, 2.45) is 0 Å². The number of likely N-dealkylation sites (N-methyl/N-ethyl adjacent to an activating group) is 1. The Bertz CT molecular complexity index is 1320. The van der Waals surface area contributed by atoms with Crippen molar-refractivity contribution >= 4 is 69.1 Å². The quantitative estimate of drug-likeness (QED) is 0.390. The van der Waals surface area contributed by atoms with Gasteiger partial charge in [0.25, 0.3) is 16.1 Å². The highest BCUT2D eigenvalue weighted by Crippen LogP contribution is 2.25. The van der Waals surface area contributed by atoms with E-state index in [4.69, 9.17) is 11.6 Å². The van der Waals surface area contributed by atoms with E-state index in [1.54, 1.807) is 0 Å². The fourth-order valence-corrected chi connectivity index (χ4v) is 6.54. The fraction of sp³-hybridized carbons (Fsp3) is 0.500. The maximum absolute atomic E-state index is 13.2. The summed E-state index contributed by atoms with van der Waals surface area (Å²) in [6.45, 7) is 1.55. The maximum atomic E-state index is 13.2. The van der Waals surface area contributed by atoms with E-state index in [0.717, 1.165) is 27.8 Å². The molecule has 3 N–H and O–H groups in total. The van der Waals surface area contributed by atoms with Crippen molar-refractivity contribution in [1.29, 1.82) is 0 Å². The molecule has 0 saturated carbocycles. The van der Waals surface area contributed by atoms with Gasteiger partial charge in [0.2, 0.25) is 0 Å². The predicted octanol–water partition coefficient (Wildman–Crippen LogP) is 0.335. The van der Waals surface area contributed by atoms with Crippen molar-refractivity contribution in [1.82, 2.24) is 34.1 Å². The molecule has 0 spiro atoms. The lowest BCUT2D eigenvalue weighted by molar-refractivity contribution is -0.136. The molecule has 13 nitrogen and oxygen atoms in total. The molecule has 3 amide bonds. The zero-order valence-corrected chi connectivity index (χ0v) is 24.7. The molecular formula is C22H30Cl2N8O5S2. The smallest absolute Gasteiger partial charge is 0.314 e. The van der Waals surface area contributed by atoms with Crippen LogP contribution >= 0.6 is 35.3 Å². The fourth-order valence-electron chi connectivity index (χ4n) is 4.19. The van der Waals surface area contributed by atoms with Crippen LogP contribution in [0.25, 0.3) is 0 Å². The van der Waals surface area contributed by atoms with Gasteiger partial charge in [-0.25, -0.2) is 9.97 Å². The van der Waals surface area contributed by atoms with E-state index in [0.29, 0.717) is 11.6 Å². The summed E-state index contributed by atoms with van der Waals surface area (Å²) in [6.07, 6.45) is 2.25. The van der Waals surface area contributed by atoms with E-state index in [1.165, 1.54) is 48.1 Å². The Balaban J connectivity index is 0.00000420. The minimum absolute atomic E-state index is 0. The van der Waals surface area contributed by atoms with E-state index in [9.17, 15) is 22.8 Å². The van der Waals surface area contributed by atoms with Crippen LogP contribution in [-0.4, -0.2) is 102 Å². The molecule has 0 radical (unpaired) electrons. The molecule has 0 unspecified atom stereocenters. The van der Waals surface area contributed by atoms with Crippen LogP contribution in [-0.2, 0) is 32.8 Å². The van der Waals surface area contributed by atoms with Crippen molar-refractivity contribution in [3.05, 3.63) is 38.9 Å². The lowest BCUT2D eigenvalue weighted by Crippen LogP contribution is -2.63. The zero-order chi connectivity index (χ0) is 27.6. The van der Waals surface area contributed by atoms with E-state index >= 15 is 0 Å². The molecule has 2 aromatic rings. The first-order valence-electron chi connectivity index (χ1n) is 11.8. The van der Waals surface area contributed by atoms with Gasteiger partial charge in [0.05, 0.1) is 22.8 Å².